The van der Waals surface area contributed by atoms with Crippen LogP contribution in [0.2, 0.25) is 0 Å². The molecule has 1 heterocycles. The highest BCUT2D eigenvalue weighted by Gasteiger charge is 2.28. The van der Waals surface area contributed by atoms with Crippen LogP contribution in [0.25, 0.3) is 0 Å². The standard InChI is InChI=1S/C22H26N2O6/c1-27-16-7-4-5-8-17(16)30-15-20(25)23-11-13-24(14-12-23)22(26)21-18(28-2)9-6-10-19(21)29-3/h4-10H,11-15H2,1-3H3. The van der Waals surface area contributed by atoms with Crippen LogP contribution in [0.4, 0.5) is 0 Å². The highest BCUT2D eigenvalue weighted by atomic mass is 16.5. The SMILES string of the molecule is COc1ccccc1OCC(=O)N1CCN(C(=O)c2c(OC)cccc2OC)CC1. The molecule has 8 nitrogen and oxygen atoms in total. The third-order valence-corrected chi connectivity index (χ3v) is 4.98. The molecule has 3 rings (SSSR count). The molecule has 1 aliphatic heterocycles. The maximum atomic E-state index is 13.0. The summed E-state index contributed by atoms with van der Waals surface area (Å²) in [5, 5.41) is 0. The molecule has 1 fully saturated rings. The summed E-state index contributed by atoms with van der Waals surface area (Å²) < 4.78 is 21.5. The van der Waals surface area contributed by atoms with Crippen molar-refractivity contribution in [2.45, 2.75) is 0 Å². The number of para-hydroxylation sites is 2. The summed E-state index contributed by atoms with van der Waals surface area (Å²) in [4.78, 5) is 29.0. The average Bonchev–Trinajstić information content (AvgIpc) is 2.81. The molecule has 2 amide bonds. The van der Waals surface area contributed by atoms with Gasteiger partial charge in [0, 0.05) is 26.2 Å². The van der Waals surface area contributed by atoms with E-state index in [1.165, 1.54) is 14.2 Å². The van der Waals surface area contributed by atoms with Crippen molar-refractivity contribution in [3.63, 3.8) is 0 Å². The Balaban J connectivity index is 1.58. The molecule has 1 saturated heterocycles. The molecule has 2 aromatic rings. The summed E-state index contributed by atoms with van der Waals surface area (Å²) >= 11 is 0. The zero-order chi connectivity index (χ0) is 21.5. The summed E-state index contributed by atoms with van der Waals surface area (Å²) in [5.41, 5.74) is 0.391. The Bertz CT molecular complexity index is 871. The number of hydrogen-bond donors (Lipinski definition) is 0. The van der Waals surface area contributed by atoms with Crippen LogP contribution in [0, 0.1) is 0 Å². The zero-order valence-electron chi connectivity index (χ0n) is 17.4. The van der Waals surface area contributed by atoms with Crippen molar-refractivity contribution in [1.82, 2.24) is 9.80 Å². The molecule has 0 N–H and O–H groups in total. The molecule has 160 valence electrons. The van der Waals surface area contributed by atoms with Crippen LogP contribution in [-0.2, 0) is 4.79 Å². The van der Waals surface area contributed by atoms with Gasteiger partial charge >= 0.3 is 0 Å². The molecule has 0 aromatic heterocycles. The van der Waals surface area contributed by atoms with Gasteiger partial charge in [0.2, 0.25) is 0 Å². The van der Waals surface area contributed by atoms with Gasteiger partial charge in [0.25, 0.3) is 11.8 Å². The molecule has 2 aromatic carbocycles. The largest absolute Gasteiger partial charge is 0.496 e. The van der Waals surface area contributed by atoms with Crippen molar-refractivity contribution in [2.75, 3.05) is 54.1 Å². The number of piperazine rings is 1. The number of nitrogens with zero attached hydrogens (tertiary/aromatic N) is 2. The summed E-state index contributed by atoms with van der Waals surface area (Å²) in [6.45, 7) is 1.60. The van der Waals surface area contributed by atoms with E-state index in [9.17, 15) is 9.59 Å². The van der Waals surface area contributed by atoms with Gasteiger partial charge in [0.1, 0.15) is 17.1 Å². The van der Waals surface area contributed by atoms with Gasteiger partial charge in [-0.15, -0.1) is 0 Å². The van der Waals surface area contributed by atoms with Crippen molar-refractivity contribution in [1.29, 1.82) is 0 Å². The first kappa shape index (κ1) is 21.3. The van der Waals surface area contributed by atoms with Crippen LogP contribution in [0.1, 0.15) is 10.4 Å². The first-order chi connectivity index (χ1) is 14.6. The molecular weight excluding hydrogens is 388 g/mol. The highest BCUT2D eigenvalue weighted by Crippen LogP contribution is 2.30. The first-order valence-electron chi connectivity index (χ1n) is 9.63. The van der Waals surface area contributed by atoms with Gasteiger partial charge in [-0.3, -0.25) is 9.59 Å². The van der Waals surface area contributed by atoms with E-state index < -0.39 is 0 Å². The van der Waals surface area contributed by atoms with Crippen LogP contribution >= 0.6 is 0 Å². The molecule has 0 unspecified atom stereocenters. The summed E-state index contributed by atoms with van der Waals surface area (Å²) in [5.74, 6) is 1.70. The minimum atomic E-state index is -0.179. The number of ether oxygens (including phenoxy) is 4. The fourth-order valence-corrected chi connectivity index (χ4v) is 3.35. The minimum Gasteiger partial charge on any atom is -0.496 e. The number of amides is 2. The van der Waals surface area contributed by atoms with E-state index in [4.69, 9.17) is 18.9 Å². The van der Waals surface area contributed by atoms with E-state index in [1.807, 2.05) is 12.1 Å². The van der Waals surface area contributed by atoms with Crippen LogP contribution in [-0.4, -0.2) is 75.7 Å². The minimum absolute atomic E-state index is 0.0886. The number of hydrogen-bond acceptors (Lipinski definition) is 6. The van der Waals surface area contributed by atoms with E-state index in [2.05, 4.69) is 0 Å². The van der Waals surface area contributed by atoms with Crippen LogP contribution in [0.3, 0.4) is 0 Å². The van der Waals surface area contributed by atoms with Gasteiger partial charge in [0.05, 0.1) is 21.3 Å². The highest BCUT2D eigenvalue weighted by molar-refractivity contribution is 6.00. The molecule has 0 aliphatic carbocycles. The summed E-state index contributed by atoms with van der Waals surface area (Å²) in [6, 6.07) is 12.4. The first-order valence-corrected chi connectivity index (χ1v) is 9.63. The van der Waals surface area contributed by atoms with E-state index in [0.717, 1.165) is 0 Å². The molecule has 8 heteroatoms. The topological polar surface area (TPSA) is 77.5 Å². The number of rotatable bonds is 7. The van der Waals surface area contributed by atoms with Crippen molar-refractivity contribution < 1.29 is 28.5 Å². The predicted octanol–water partition coefficient (Wildman–Crippen LogP) is 2.08. The van der Waals surface area contributed by atoms with E-state index in [0.29, 0.717) is 54.7 Å². The van der Waals surface area contributed by atoms with Crippen molar-refractivity contribution in [3.8, 4) is 23.0 Å². The number of methoxy groups -OCH3 is 3. The van der Waals surface area contributed by atoms with E-state index in [1.54, 1.807) is 47.2 Å². The lowest BCUT2D eigenvalue weighted by Gasteiger charge is -2.35. The Morgan fingerprint density at radius 3 is 1.80 bits per heavy atom. The normalized spacial score (nSPS) is 13.6. The molecule has 0 spiro atoms. The summed E-state index contributed by atoms with van der Waals surface area (Å²) in [7, 11) is 4.59. The fourth-order valence-electron chi connectivity index (χ4n) is 3.35. The number of carbonyl (C=O) groups excluding carboxylic acids is 2. The van der Waals surface area contributed by atoms with Gasteiger partial charge in [-0.25, -0.2) is 0 Å². The Labute approximate surface area is 175 Å². The Kier molecular flexibility index (Phi) is 7.00. The van der Waals surface area contributed by atoms with Crippen molar-refractivity contribution >= 4 is 11.8 Å². The Hall–Kier alpha value is -3.42. The van der Waals surface area contributed by atoms with Crippen LogP contribution in [0.5, 0.6) is 23.0 Å². The van der Waals surface area contributed by atoms with Gasteiger partial charge in [0.15, 0.2) is 18.1 Å². The molecular formula is C22H26N2O6. The second-order valence-corrected chi connectivity index (χ2v) is 6.65. The van der Waals surface area contributed by atoms with E-state index >= 15 is 0 Å². The number of benzene rings is 2. The zero-order valence-corrected chi connectivity index (χ0v) is 17.4. The van der Waals surface area contributed by atoms with Gasteiger partial charge in [-0.05, 0) is 24.3 Å². The Morgan fingerprint density at radius 2 is 1.23 bits per heavy atom. The average molecular weight is 414 g/mol. The molecule has 0 atom stereocenters. The van der Waals surface area contributed by atoms with Gasteiger partial charge < -0.3 is 28.7 Å². The van der Waals surface area contributed by atoms with Crippen LogP contribution in [0.15, 0.2) is 42.5 Å². The molecule has 0 saturated carbocycles. The lowest BCUT2D eigenvalue weighted by Crippen LogP contribution is -2.51. The van der Waals surface area contributed by atoms with Crippen molar-refractivity contribution in [3.05, 3.63) is 48.0 Å². The molecule has 1 aliphatic rings. The van der Waals surface area contributed by atoms with Gasteiger partial charge in [-0.1, -0.05) is 18.2 Å². The third-order valence-electron chi connectivity index (χ3n) is 4.98. The Morgan fingerprint density at radius 1 is 0.733 bits per heavy atom. The molecule has 30 heavy (non-hydrogen) atoms. The molecule has 0 bridgehead atoms. The monoisotopic (exact) mass is 414 g/mol. The second-order valence-electron chi connectivity index (χ2n) is 6.65. The lowest BCUT2D eigenvalue weighted by molar-refractivity contribution is -0.134. The maximum Gasteiger partial charge on any atom is 0.261 e. The number of carbonyl (C=O) groups is 2. The van der Waals surface area contributed by atoms with Crippen LogP contribution < -0.4 is 18.9 Å². The van der Waals surface area contributed by atoms with Crippen molar-refractivity contribution in [2.24, 2.45) is 0 Å². The molecule has 0 radical (unpaired) electrons. The summed E-state index contributed by atoms with van der Waals surface area (Å²) in [6.07, 6.45) is 0. The van der Waals surface area contributed by atoms with Gasteiger partial charge in [-0.2, -0.15) is 0 Å². The van der Waals surface area contributed by atoms with E-state index in [-0.39, 0.29) is 18.4 Å². The quantitative estimate of drug-likeness (QED) is 0.690. The third kappa shape index (κ3) is 4.59. The smallest absolute Gasteiger partial charge is 0.261 e. The lowest BCUT2D eigenvalue weighted by atomic mass is 10.1. The maximum absolute atomic E-state index is 13.0. The predicted molar refractivity (Wildman–Crippen MR) is 111 cm³/mol. The fraction of sp³-hybridized carbons (Fsp3) is 0.364. The second kappa shape index (κ2) is 9.87.